The molecule has 0 spiro atoms. The molecule has 2 aromatic rings. The quantitative estimate of drug-likeness (QED) is 0.793. The second kappa shape index (κ2) is 4.80. The smallest absolute Gasteiger partial charge is 0.180 e. The van der Waals surface area contributed by atoms with Gasteiger partial charge in [-0.1, -0.05) is 30.1 Å². The van der Waals surface area contributed by atoms with E-state index in [9.17, 15) is 0 Å². The van der Waals surface area contributed by atoms with Crippen LogP contribution in [0.3, 0.4) is 0 Å². The van der Waals surface area contributed by atoms with Gasteiger partial charge in [0.25, 0.3) is 0 Å². The summed E-state index contributed by atoms with van der Waals surface area (Å²) in [5.41, 5.74) is 0.825. The molecule has 0 aliphatic rings. The maximum absolute atomic E-state index is 5.83. The van der Waals surface area contributed by atoms with E-state index in [-0.39, 0.29) is 0 Å². The zero-order chi connectivity index (χ0) is 11.5. The van der Waals surface area contributed by atoms with Gasteiger partial charge in [-0.15, -0.1) is 0 Å². The van der Waals surface area contributed by atoms with Crippen LogP contribution in [-0.2, 0) is 6.54 Å². The lowest BCUT2D eigenvalue weighted by Crippen LogP contribution is -2.00. The number of hydrogen-bond acceptors (Lipinski definition) is 3. The molecule has 0 saturated carbocycles. The molecule has 84 valence electrons. The van der Waals surface area contributed by atoms with Crippen molar-refractivity contribution in [2.75, 3.05) is 0 Å². The summed E-state index contributed by atoms with van der Waals surface area (Å²) in [4.78, 5) is 12.3. The van der Waals surface area contributed by atoms with Gasteiger partial charge in [0.15, 0.2) is 5.82 Å². The van der Waals surface area contributed by atoms with Gasteiger partial charge in [0.2, 0.25) is 0 Å². The number of imidazole rings is 1. The Morgan fingerprint density at radius 3 is 2.56 bits per heavy atom. The lowest BCUT2D eigenvalue weighted by atomic mass is 10.4. The highest BCUT2D eigenvalue weighted by Crippen LogP contribution is 2.20. The molecule has 2 rings (SSSR count). The Kier molecular flexibility index (Phi) is 3.41. The summed E-state index contributed by atoms with van der Waals surface area (Å²) in [6.45, 7) is 2.96. The summed E-state index contributed by atoms with van der Waals surface area (Å²) in [5.74, 6) is 0.503. The van der Waals surface area contributed by atoms with Crippen molar-refractivity contribution < 1.29 is 0 Å². The SMILES string of the molecule is CCCn1cncc1-c1nc(Cl)cc(Cl)n1. The van der Waals surface area contributed by atoms with Gasteiger partial charge in [-0.3, -0.25) is 0 Å². The van der Waals surface area contributed by atoms with Crippen LogP contribution in [0.4, 0.5) is 0 Å². The summed E-state index contributed by atoms with van der Waals surface area (Å²) in [5, 5.41) is 0.665. The van der Waals surface area contributed by atoms with E-state index in [0.29, 0.717) is 16.1 Å². The molecule has 0 aliphatic heterocycles. The van der Waals surface area contributed by atoms with Gasteiger partial charge in [-0.2, -0.15) is 0 Å². The number of aromatic nitrogens is 4. The summed E-state index contributed by atoms with van der Waals surface area (Å²) < 4.78 is 1.97. The third kappa shape index (κ3) is 2.33. The average molecular weight is 257 g/mol. The maximum Gasteiger partial charge on any atom is 0.180 e. The van der Waals surface area contributed by atoms with Crippen LogP contribution in [0, 0.1) is 0 Å². The molecule has 0 N–H and O–H groups in total. The molecule has 6 heteroatoms. The van der Waals surface area contributed by atoms with Crippen molar-refractivity contribution in [3.05, 3.63) is 28.9 Å². The van der Waals surface area contributed by atoms with E-state index in [1.807, 2.05) is 4.57 Å². The minimum absolute atomic E-state index is 0.333. The molecule has 0 amide bonds. The Morgan fingerprint density at radius 1 is 1.25 bits per heavy atom. The van der Waals surface area contributed by atoms with Crippen LogP contribution >= 0.6 is 23.2 Å². The first kappa shape index (κ1) is 11.4. The van der Waals surface area contributed by atoms with Gasteiger partial charge in [0.05, 0.1) is 12.5 Å². The molecule has 0 aromatic carbocycles. The van der Waals surface area contributed by atoms with E-state index < -0.39 is 0 Å². The molecule has 2 aromatic heterocycles. The fourth-order valence-electron chi connectivity index (χ4n) is 1.43. The van der Waals surface area contributed by atoms with E-state index in [0.717, 1.165) is 18.7 Å². The van der Waals surface area contributed by atoms with Crippen molar-refractivity contribution in [2.24, 2.45) is 0 Å². The van der Waals surface area contributed by atoms with E-state index in [2.05, 4.69) is 21.9 Å². The molecule has 0 aliphatic carbocycles. The predicted octanol–water partition coefficient (Wildman–Crippen LogP) is 3.06. The van der Waals surface area contributed by atoms with Crippen LogP contribution in [0.25, 0.3) is 11.5 Å². The second-order valence-electron chi connectivity index (χ2n) is 3.31. The van der Waals surface area contributed by atoms with Crippen LogP contribution in [0.5, 0.6) is 0 Å². The fourth-order valence-corrected chi connectivity index (χ4v) is 1.85. The van der Waals surface area contributed by atoms with Crippen LogP contribution in [-0.4, -0.2) is 19.5 Å². The van der Waals surface area contributed by atoms with E-state index in [4.69, 9.17) is 23.2 Å². The zero-order valence-corrected chi connectivity index (χ0v) is 10.2. The molecule has 2 heterocycles. The van der Waals surface area contributed by atoms with Crippen molar-refractivity contribution in [3.8, 4) is 11.5 Å². The Morgan fingerprint density at radius 2 is 1.94 bits per heavy atom. The number of aryl methyl sites for hydroxylation is 1. The number of halogens is 2. The van der Waals surface area contributed by atoms with Crippen molar-refractivity contribution in [1.29, 1.82) is 0 Å². The van der Waals surface area contributed by atoms with Crippen molar-refractivity contribution in [1.82, 2.24) is 19.5 Å². The standard InChI is InChI=1S/C10H10Cl2N4/c1-2-3-16-6-13-5-7(16)10-14-8(11)4-9(12)15-10/h4-6H,2-3H2,1H3. The molecule has 0 saturated heterocycles. The van der Waals surface area contributed by atoms with Crippen LogP contribution in [0.15, 0.2) is 18.6 Å². The van der Waals surface area contributed by atoms with Gasteiger partial charge < -0.3 is 4.57 Å². The molecule has 0 unspecified atom stereocenters. The van der Waals surface area contributed by atoms with Gasteiger partial charge in [0, 0.05) is 12.6 Å². The molecular weight excluding hydrogens is 247 g/mol. The zero-order valence-electron chi connectivity index (χ0n) is 8.69. The third-order valence-electron chi connectivity index (χ3n) is 2.07. The van der Waals surface area contributed by atoms with Gasteiger partial charge >= 0.3 is 0 Å². The molecule has 0 fully saturated rings. The van der Waals surface area contributed by atoms with Crippen LogP contribution in [0.1, 0.15) is 13.3 Å². The maximum atomic E-state index is 5.83. The van der Waals surface area contributed by atoms with Crippen molar-refractivity contribution in [2.45, 2.75) is 19.9 Å². The number of nitrogens with zero attached hydrogens (tertiary/aromatic N) is 4. The molecular formula is C10H10Cl2N4. The average Bonchev–Trinajstić information content (AvgIpc) is 2.65. The van der Waals surface area contributed by atoms with E-state index >= 15 is 0 Å². The first-order valence-corrected chi connectivity index (χ1v) is 5.67. The summed E-state index contributed by atoms with van der Waals surface area (Å²) >= 11 is 11.7. The Hall–Kier alpha value is -1.13. The second-order valence-corrected chi connectivity index (χ2v) is 4.08. The van der Waals surface area contributed by atoms with Gasteiger partial charge in [-0.05, 0) is 6.42 Å². The Bertz CT molecular complexity index is 475. The normalized spacial score (nSPS) is 10.7. The topological polar surface area (TPSA) is 43.6 Å². The Labute approximate surface area is 103 Å². The lowest BCUT2D eigenvalue weighted by Gasteiger charge is -2.05. The summed E-state index contributed by atoms with van der Waals surface area (Å²) in [7, 11) is 0. The van der Waals surface area contributed by atoms with Gasteiger partial charge in [0.1, 0.15) is 16.0 Å². The highest BCUT2D eigenvalue weighted by Gasteiger charge is 2.09. The van der Waals surface area contributed by atoms with Gasteiger partial charge in [-0.25, -0.2) is 15.0 Å². The molecule has 16 heavy (non-hydrogen) atoms. The fraction of sp³-hybridized carbons (Fsp3) is 0.300. The Balaban J connectivity index is 2.45. The molecule has 0 radical (unpaired) electrons. The number of hydrogen-bond donors (Lipinski definition) is 0. The highest BCUT2D eigenvalue weighted by atomic mass is 35.5. The van der Waals surface area contributed by atoms with Crippen molar-refractivity contribution >= 4 is 23.2 Å². The monoisotopic (exact) mass is 256 g/mol. The molecule has 4 nitrogen and oxygen atoms in total. The van der Waals surface area contributed by atoms with Crippen LogP contribution < -0.4 is 0 Å². The lowest BCUT2D eigenvalue weighted by molar-refractivity contribution is 0.681. The molecule has 0 bridgehead atoms. The first-order chi connectivity index (χ1) is 7.70. The largest absolute Gasteiger partial charge is 0.328 e. The highest BCUT2D eigenvalue weighted by molar-refractivity contribution is 6.33. The predicted molar refractivity (Wildman–Crippen MR) is 63.6 cm³/mol. The minimum atomic E-state index is 0.333. The molecule has 0 atom stereocenters. The first-order valence-electron chi connectivity index (χ1n) is 4.91. The minimum Gasteiger partial charge on any atom is -0.328 e. The van der Waals surface area contributed by atoms with E-state index in [1.165, 1.54) is 6.07 Å². The summed E-state index contributed by atoms with van der Waals surface area (Å²) in [6, 6.07) is 1.51. The summed E-state index contributed by atoms with van der Waals surface area (Å²) in [6.07, 6.45) is 4.46. The third-order valence-corrected chi connectivity index (χ3v) is 2.46. The van der Waals surface area contributed by atoms with E-state index in [1.54, 1.807) is 12.5 Å². The van der Waals surface area contributed by atoms with Crippen molar-refractivity contribution in [3.63, 3.8) is 0 Å². The number of rotatable bonds is 3. The van der Waals surface area contributed by atoms with Crippen LogP contribution in [0.2, 0.25) is 10.3 Å².